The van der Waals surface area contributed by atoms with Crippen molar-refractivity contribution < 1.29 is 4.39 Å². The SMILES string of the molecule is C=CCNC(=NC)NCC1(c2ccccc2F)CC1. The number of benzene rings is 1. The lowest BCUT2D eigenvalue weighted by Crippen LogP contribution is -2.41. The Morgan fingerprint density at radius 1 is 1.42 bits per heavy atom. The molecular formula is C15H20FN3. The Morgan fingerprint density at radius 3 is 2.74 bits per heavy atom. The summed E-state index contributed by atoms with van der Waals surface area (Å²) < 4.78 is 13.8. The maximum Gasteiger partial charge on any atom is 0.191 e. The quantitative estimate of drug-likeness (QED) is 0.484. The van der Waals surface area contributed by atoms with E-state index in [1.165, 1.54) is 6.07 Å². The van der Waals surface area contributed by atoms with Gasteiger partial charge in [0.2, 0.25) is 0 Å². The normalized spacial score (nSPS) is 16.8. The lowest BCUT2D eigenvalue weighted by molar-refractivity contribution is 0.560. The van der Waals surface area contributed by atoms with Gasteiger partial charge >= 0.3 is 0 Å². The molecule has 1 aromatic carbocycles. The van der Waals surface area contributed by atoms with Crippen LogP contribution in [0.5, 0.6) is 0 Å². The smallest absolute Gasteiger partial charge is 0.191 e. The number of nitrogens with one attached hydrogen (secondary N) is 2. The van der Waals surface area contributed by atoms with Gasteiger partial charge in [0.25, 0.3) is 0 Å². The van der Waals surface area contributed by atoms with Gasteiger partial charge in [-0.3, -0.25) is 4.99 Å². The van der Waals surface area contributed by atoms with Gasteiger partial charge in [-0.2, -0.15) is 0 Å². The zero-order valence-electron chi connectivity index (χ0n) is 11.2. The highest BCUT2D eigenvalue weighted by atomic mass is 19.1. The molecule has 0 atom stereocenters. The van der Waals surface area contributed by atoms with Gasteiger partial charge in [-0.05, 0) is 24.5 Å². The lowest BCUT2D eigenvalue weighted by atomic mass is 9.95. The van der Waals surface area contributed by atoms with Crippen molar-refractivity contribution in [1.82, 2.24) is 10.6 Å². The summed E-state index contributed by atoms with van der Waals surface area (Å²) in [5, 5.41) is 6.37. The number of guanidine groups is 1. The summed E-state index contributed by atoms with van der Waals surface area (Å²) in [6.07, 6.45) is 3.80. The van der Waals surface area contributed by atoms with E-state index in [0.29, 0.717) is 13.1 Å². The van der Waals surface area contributed by atoms with E-state index in [1.807, 2.05) is 12.1 Å². The molecule has 0 aromatic heterocycles. The van der Waals surface area contributed by atoms with Gasteiger partial charge in [-0.1, -0.05) is 24.3 Å². The van der Waals surface area contributed by atoms with Crippen molar-refractivity contribution in [2.24, 2.45) is 4.99 Å². The van der Waals surface area contributed by atoms with E-state index >= 15 is 0 Å². The van der Waals surface area contributed by atoms with Crippen molar-refractivity contribution in [3.8, 4) is 0 Å². The highest BCUT2D eigenvalue weighted by Gasteiger charge is 2.45. The molecule has 0 amide bonds. The molecule has 2 N–H and O–H groups in total. The molecule has 0 unspecified atom stereocenters. The highest BCUT2D eigenvalue weighted by Crippen LogP contribution is 2.48. The molecule has 2 rings (SSSR count). The summed E-state index contributed by atoms with van der Waals surface area (Å²) in [6, 6.07) is 7.03. The highest BCUT2D eigenvalue weighted by molar-refractivity contribution is 5.80. The Labute approximate surface area is 113 Å². The molecule has 1 aliphatic carbocycles. The summed E-state index contributed by atoms with van der Waals surface area (Å²) >= 11 is 0. The molecule has 4 heteroatoms. The van der Waals surface area contributed by atoms with Gasteiger partial charge in [0.1, 0.15) is 5.82 Å². The van der Waals surface area contributed by atoms with E-state index in [-0.39, 0.29) is 11.2 Å². The van der Waals surface area contributed by atoms with E-state index in [1.54, 1.807) is 19.2 Å². The minimum Gasteiger partial charge on any atom is -0.356 e. The van der Waals surface area contributed by atoms with Gasteiger partial charge < -0.3 is 10.6 Å². The molecule has 0 bridgehead atoms. The van der Waals surface area contributed by atoms with Gasteiger partial charge in [-0.25, -0.2) is 4.39 Å². The first-order chi connectivity index (χ1) is 9.22. The van der Waals surface area contributed by atoms with Crippen molar-refractivity contribution in [2.75, 3.05) is 20.1 Å². The van der Waals surface area contributed by atoms with E-state index < -0.39 is 0 Å². The Morgan fingerprint density at radius 2 is 2.16 bits per heavy atom. The van der Waals surface area contributed by atoms with Crippen LogP contribution in [0, 0.1) is 5.82 Å². The minimum absolute atomic E-state index is 0.0723. The number of halogens is 1. The zero-order chi connectivity index (χ0) is 13.7. The molecule has 0 aliphatic heterocycles. The molecule has 1 saturated carbocycles. The molecule has 1 fully saturated rings. The standard InChI is InChI=1S/C15H20FN3/c1-3-10-18-14(17-2)19-11-15(8-9-15)12-6-4-5-7-13(12)16/h3-7H,1,8-11H2,2H3,(H2,17,18,19). The molecule has 0 spiro atoms. The van der Waals surface area contributed by atoms with Gasteiger partial charge in [0.05, 0.1) is 0 Å². The third kappa shape index (κ3) is 3.13. The van der Waals surface area contributed by atoms with Crippen LogP contribution in [0.25, 0.3) is 0 Å². The molecule has 0 heterocycles. The number of aliphatic imine (C=N–C) groups is 1. The first kappa shape index (κ1) is 13.6. The number of hydrogen-bond donors (Lipinski definition) is 2. The molecule has 19 heavy (non-hydrogen) atoms. The maximum atomic E-state index is 13.8. The largest absolute Gasteiger partial charge is 0.356 e. The first-order valence-corrected chi connectivity index (χ1v) is 6.52. The maximum absolute atomic E-state index is 13.8. The van der Waals surface area contributed by atoms with Crippen molar-refractivity contribution in [3.63, 3.8) is 0 Å². The van der Waals surface area contributed by atoms with Crippen LogP contribution in [0.1, 0.15) is 18.4 Å². The Bertz CT molecular complexity index is 478. The van der Waals surface area contributed by atoms with Gasteiger partial charge in [0.15, 0.2) is 5.96 Å². The van der Waals surface area contributed by atoms with E-state index in [4.69, 9.17) is 0 Å². The van der Waals surface area contributed by atoms with Crippen molar-refractivity contribution >= 4 is 5.96 Å². The van der Waals surface area contributed by atoms with Crippen LogP contribution in [-0.2, 0) is 5.41 Å². The van der Waals surface area contributed by atoms with Gasteiger partial charge in [0, 0.05) is 25.6 Å². The fourth-order valence-electron chi connectivity index (χ4n) is 2.23. The van der Waals surface area contributed by atoms with Crippen LogP contribution < -0.4 is 10.6 Å². The van der Waals surface area contributed by atoms with Crippen LogP contribution in [0.3, 0.4) is 0 Å². The minimum atomic E-state index is -0.115. The molecular weight excluding hydrogens is 241 g/mol. The fourth-order valence-corrected chi connectivity index (χ4v) is 2.23. The third-order valence-electron chi connectivity index (χ3n) is 3.53. The van der Waals surface area contributed by atoms with Crippen LogP contribution >= 0.6 is 0 Å². The molecule has 3 nitrogen and oxygen atoms in total. The second-order valence-corrected chi connectivity index (χ2v) is 4.86. The Kier molecular flexibility index (Phi) is 4.20. The lowest BCUT2D eigenvalue weighted by Gasteiger charge is -2.19. The summed E-state index contributed by atoms with van der Waals surface area (Å²) in [5.41, 5.74) is 0.735. The van der Waals surface area contributed by atoms with Crippen LogP contribution in [0.4, 0.5) is 4.39 Å². The van der Waals surface area contributed by atoms with E-state index in [0.717, 1.165) is 24.4 Å². The summed E-state index contributed by atoms with van der Waals surface area (Å²) in [6.45, 7) is 5.01. The van der Waals surface area contributed by atoms with Crippen LogP contribution in [-0.4, -0.2) is 26.1 Å². The zero-order valence-corrected chi connectivity index (χ0v) is 11.2. The van der Waals surface area contributed by atoms with Crippen molar-refractivity contribution in [1.29, 1.82) is 0 Å². The number of rotatable bonds is 5. The molecule has 1 aliphatic rings. The topological polar surface area (TPSA) is 36.4 Å². The molecule has 1 aromatic rings. The fraction of sp³-hybridized carbons (Fsp3) is 0.400. The monoisotopic (exact) mass is 261 g/mol. The average molecular weight is 261 g/mol. The van der Waals surface area contributed by atoms with Crippen LogP contribution in [0.2, 0.25) is 0 Å². The predicted octanol–water partition coefficient (Wildman–Crippen LogP) is 2.21. The third-order valence-corrected chi connectivity index (χ3v) is 3.53. The second-order valence-electron chi connectivity index (χ2n) is 4.86. The summed E-state index contributed by atoms with van der Waals surface area (Å²) in [5.74, 6) is 0.610. The number of nitrogens with zero attached hydrogens (tertiary/aromatic N) is 1. The predicted molar refractivity (Wildman–Crippen MR) is 76.9 cm³/mol. The Balaban J connectivity index is 1.99. The van der Waals surface area contributed by atoms with Crippen molar-refractivity contribution in [3.05, 3.63) is 48.3 Å². The summed E-state index contributed by atoms with van der Waals surface area (Å²) in [7, 11) is 1.72. The molecule has 0 saturated heterocycles. The Hall–Kier alpha value is -1.84. The molecule has 102 valence electrons. The van der Waals surface area contributed by atoms with E-state index in [2.05, 4.69) is 22.2 Å². The first-order valence-electron chi connectivity index (χ1n) is 6.52. The van der Waals surface area contributed by atoms with Crippen LogP contribution in [0.15, 0.2) is 41.9 Å². The summed E-state index contributed by atoms with van der Waals surface area (Å²) in [4.78, 5) is 4.13. The average Bonchev–Trinajstić information content (AvgIpc) is 3.20. The van der Waals surface area contributed by atoms with E-state index in [9.17, 15) is 4.39 Å². The number of hydrogen-bond acceptors (Lipinski definition) is 1. The second kappa shape index (κ2) is 5.87. The van der Waals surface area contributed by atoms with Gasteiger partial charge in [-0.15, -0.1) is 6.58 Å². The molecule has 0 radical (unpaired) electrons. The van der Waals surface area contributed by atoms with Crippen molar-refractivity contribution in [2.45, 2.75) is 18.3 Å².